The first-order chi connectivity index (χ1) is 8.31. The Bertz CT molecular complexity index is 533. The Hall–Kier alpha value is -1.97. The van der Waals surface area contributed by atoms with E-state index in [-0.39, 0.29) is 5.78 Å². The SMILES string of the molecule is O=NC1C2=C(CCCC2=O)Oc2ccccc21. The molecule has 0 saturated carbocycles. The molecule has 17 heavy (non-hydrogen) atoms. The van der Waals surface area contributed by atoms with Gasteiger partial charge in [0.25, 0.3) is 0 Å². The minimum atomic E-state index is -0.692. The summed E-state index contributed by atoms with van der Waals surface area (Å²) in [6.07, 6.45) is 1.98. The van der Waals surface area contributed by atoms with Crippen LogP contribution in [0.3, 0.4) is 0 Å². The predicted octanol–water partition coefficient (Wildman–Crippen LogP) is 2.89. The summed E-state index contributed by atoms with van der Waals surface area (Å²) in [6, 6.07) is 6.56. The first kappa shape index (κ1) is 10.2. The second-order valence-corrected chi connectivity index (χ2v) is 4.26. The maximum Gasteiger partial charge on any atom is 0.164 e. The minimum Gasteiger partial charge on any atom is -0.461 e. The minimum absolute atomic E-state index is 0.00893. The zero-order valence-electron chi connectivity index (χ0n) is 9.18. The highest BCUT2D eigenvalue weighted by Gasteiger charge is 2.36. The van der Waals surface area contributed by atoms with E-state index in [1.54, 1.807) is 12.1 Å². The molecule has 0 fully saturated rings. The number of nitroso groups, excluding NO2 is 1. The number of benzene rings is 1. The van der Waals surface area contributed by atoms with Crippen molar-refractivity contribution < 1.29 is 9.53 Å². The van der Waals surface area contributed by atoms with Crippen molar-refractivity contribution in [3.8, 4) is 5.75 Å². The van der Waals surface area contributed by atoms with Crippen LogP contribution in [0.1, 0.15) is 30.9 Å². The van der Waals surface area contributed by atoms with Crippen molar-refractivity contribution in [2.45, 2.75) is 25.3 Å². The van der Waals surface area contributed by atoms with Crippen molar-refractivity contribution >= 4 is 5.78 Å². The lowest BCUT2D eigenvalue weighted by atomic mass is 9.86. The Balaban J connectivity index is 2.16. The predicted molar refractivity (Wildman–Crippen MR) is 61.5 cm³/mol. The molecule has 4 heteroatoms. The van der Waals surface area contributed by atoms with Crippen molar-refractivity contribution in [1.82, 2.24) is 0 Å². The zero-order valence-corrected chi connectivity index (χ0v) is 9.18. The molecule has 0 amide bonds. The van der Waals surface area contributed by atoms with Crippen LogP contribution in [-0.2, 0) is 4.79 Å². The van der Waals surface area contributed by atoms with E-state index in [9.17, 15) is 9.70 Å². The van der Waals surface area contributed by atoms with Crippen molar-refractivity contribution in [3.05, 3.63) is 46.1 Å². The number of ether oxygens (including phenoxy) is 1. The number of allylic oxidation sites excluding steroid dienone is 1. The van der Waals surface area contributed by atoms with Crippen molar-refractivity contribution in [3.63, 3.8) is 0 Å². The summed E-state index contributed by atoms with van der Waals surface area (Å²) in [6.45, 7) is 0. The molecule has 86 valence electrons. The summed E-state index contributed by atoms with van der Waals surface area (Å²) in [5, 5.41) is 3.11. The molecule has 1 aromatic carbocycles. The second-order valence-electron chi connectivity index (χ2n) is 4.26. The van der Waals surface area contributed by atoms with Gasteiger partial charge in [-0.25, -0.2) is 0 Å². The molecule has 1 heterocycles. The number of para-hydroxylation sites is 1. The van der Waals surface area contributed by atoms with Crippen LogP contribution in [-0.4, -0.2) is 5.78 Å². The van der Waals surface area contributed by atoms with E-state index in [0.29, 0.717) is 35.5 Å². The van der Waals surface area contributed by atoms with Crippen LogP contribution in [0, 0.1) is 4.91 Å². The fourth-order valence-corrected chi connectivity index (χ4v) is 2.44. The molecule has 3 rings (SSSR count). The molecule has 1 atom stereocenters. The van der Waals surface area contributed by atoms with Crippen LogP contribution in [0.15, 0.2) is 40.8 Å². The van der Waals surface area contributed by atoms with Crippen molar-refractivity contribution in [2.24, 2.45) is 5.18 Å². The van der Waals surface area contributed by atoms with E-state index < -0.39 is 6.04 Å². The van der Waals surface area contributed by atoms with E-state index in [1.807, 2.05) is 12.1 Å². The Morgan fingerprint density at radius 3 is 2.88 bits per heavy atom. The van der Waals surface area contributed by atoms with Gasteiger partial charge in [0.2, 0.25) is 0 Å². The monoisotopic (exact) mass is 229 g/mol. The molecule has 0 N–H and O–H groups in total. The molecule has 0 radical (unpaired) electrons. The van der Waals surface area contributed by atoms with Gasteiger partial charge in [-0.2, -0.15) is 0 Å². The lowest BCUT2D eigenvalue weighted by Crippen LogP contribution is -2.23. The number of fused-ring (bicyclic) bond motifs is 1. The van der Waals surface area contributed by atoms with E-state index in [0.717, 1.165) is 6.42 Å². The van der Waals surface area contributed by atoms with Gasteiger partial charge >= 0.3 is 0 Å². The van der Waals surface area contributed by atoms with Crippen LogP contribution in [0.4, 0.5) is 0 Å². The number of Topliss-reactive ketones (excluding diaryl/α,β-unsaturated/α-hetero) is 1. The summed E-state index contributed by atoms with van der Waals surface area (Å²) in [5.74, 6) is 1.26. The molecule has 4 nitrogen and oxygen atoms in total. The maximum atomic E-state index is 11.9. The van der Waals surface area contributed by atoms with Crippen LogP contribution >= 0.6 is 0 Å². The fourth-order valence-electron chi connectivity index (χ4n) is 2.44. The van der Waals surface area contributed by atoms with Crippen molar-refractivity contribution in [2.75, 3.05) is 0 Å². The van der Waals surface area contributed by atoms with Gasteiger partial charge in [0.05, 0.1) is 5.57 Å². The van der Waals surface area contributed by atoms with Crippen LogP contribution < -0.4 is 4.74 Å². The first-order valence-electron chi connectivity index (χ1n) is 5.66. The Kier molecular flexibility index (Phi) is 2.28. The van der Waals surface area contributed by atoms with Crippen LogP contribution in [0.2, 0.25) is 0 Å². The topological polar surface area (TPSA) is 55.7 Å². The van der Waals surface area contributed by atoms with E-state index in [2.05, 4.69) is 5.18 Å². The van der Waals surface area contributed by atoms with E-state index in [4.69, 9.17) is 4.74 Å². The standard InChI is InChI=1S/C13H11NO3/c15-9-5-3-7-11-12(9)13(14-16)8-4-1-2-6-10(8)17-11/h1-2,4,6,13H,3,5,7H2. The van der Waals surface area contributed by atoms with Gasteiger partial charge in [0.1, 0.15) is 11.5 Å². The molecule has 0 aromatic heterocycles. The highest BCUT2D eigenvalue weighted by molar-refractivity contribution is 5.98. The molecule has 1 aliphatic heterocycles. The average Bonchev–Trinajstić information content (AvgIpc) is 2.36. The van der Waals surface area contributed by atoms with Gasteiger partial charge in [-0.1, -0.05) is 23.4 Å². The summed E-state index contributed by atoms with van der Waals surface area (Å²) in [5.41, 5.74) is 1.15. The number of ketones is 1. The summed E-state index contributed by atoms with van der Waals surface area (Å²) < 4.78 is 5.70. The first-order valence-corrected chi connectivity index (χ1v) is 5.66. The van der Waals surface area contributed by atoms with Gasteiger partial charge in [0, 0.05) is 18.4 Å². The molecular formula is C13H11NO3. The van der Waals surface area contributed by atoms with E-state index in [1.165, 1.54) is 0 Å². The molecule has 1 aliphatic carbocycles. The van der Waals surface area contributed by atoms with E-state index >= 15 is 0 Å². The Morgan fingerprint density at radius 1 is 1.24 bits per heavy atom. The normalized spacial score (nSPS) is 22.6. The average molecular weight is 229 g/mol. The third-order valence-corrected chi connectivity index (χ3v) is 3.23. The fraction of sp³-hybridized carbons (Fsp3) is 0.308. The molecular weight excluding hydrogens is 218 g/mol. The van der Waals surface area contributed by atoms with Crippen LogP contribution in [0.25, 0.3) is 0 Å². The largest absolute Gasteiger partial charge is 0.461 e. The summed E-state index contributed by atoms with van der Waals surface area (Å²) in [7, 11) is 0. The van der Waals surface area contributed by atoms with Gasteiger partial charge in [0.15, 0.2) is 11.8 Å². The van der Waals surface area contributed by atoms with Gasteiger partial charge < -0.3 is 4.74 Å². The van der Waals surface area contributed by atoms with Gasteiger partial charge in [-0.05, 0) is 12.5 Å². The number of nitrogens with zero attached hydrogens (tertiary/aromatic N) is 1. The number of rotatable bonds is 1. The van der Waals surface area contributed by atoms with Gasteiger partial charge in [-0.15, -0.1) is 4.91 Å². The second kappa shape index (κ2) is 3.80. The molecule has 2 aliphatic rings. The Labute approximate surface area is 98.3 Å². The summed E-state index contributed by atoms with van der Waals surface area (Å²) >= 11 is 0. The summed E-state index contributed by atoms with van der Waals surface area (Å²) in [4.78, 5) is 22.9. The number of hydrogen-bond donors (Lipinski definition) is 0. The quantitative estimate of drug-likeness (QED) is 0.696. The molecule has 1 unspecified atom stereocenters. The maximum absolute atomic E-state index is 11.9. The number of carbonyl (C=O) groups excluding carboxylic acids is 1. The zero-order chi connectivity index (χ0) is 11.8. The van der Waals surface area contributed by atoms with Gasteiger partial charge in [-0.3, -0.25) is 4.79 Å². The molecule has 1 aromatic rings. The van der Waals surface area contributed by atoms with Crippen LogP contribution in [0.5, 0.6) is 5.75 Å². The smallest absolute Gasteiger partial charge is 0.164 e. The third kappa shape index (κ3) is 1.48. The molecule has 0 bridgehead atoms. The third-order valence-electron chi connectivity index (χ3n) is 3.23. The van der Waals surface area contributed by atoms with Crippen molar-refractivity contribution in [1.29, 1.82) is 0 Å². The Morgan fingerprint density at radius 2 is 2.06 bits per heavy atom. The lowest BCUT2D eigenvalue weighted by Gasteiger charge is -2.28. The molecule has 0 saturated heterocycles. The lowest BCUT2D eigenvalue weighted by molar-refractivity contribution is -0.116. The highest BCUT2D eigenvalue weighted by Crippen LogP contribution is 2.43. The number of hydrogen-bond acceptors (Lipinski definition) is 4. The molecule has 0 spiro atoms. The number of carbonyl (C=O) groups is 1. The highest BCUT2D eigenvalue weighted by atomic mass is 16.5.